The summed E-state index contributed by atoms with van der Waals surface area (Å²) in [5, 5.41) is 13.3. The van der Waals surface area contributed by atoms with Gasteiger partial charge in [-0.1, -0.05) is 42.1 Å². The summed E-state index contributed by atoms with van der Waals surface area (Å²) in [6, 6.07) is 26.6. The maximum absolute atomic E-state index is 5.33. The molecule has 1 aromatic heterocycles. The van der Waals surface area contributed by atoms with E-state index >= 15 is 0 Å². The molecule has 1 heterocycles. The van der Waals surface area contributed by atoms with Crippen LogP contribution in [0, 0.1) is 3.57 Å². The molecule has 7 heteroatoms. The minimum absolute atomic E-state index is 0.586. The van der Waals surface area contributed by atoms with Crippen LogP contribution in [-0.4, -0.2) is 21.9 Å². The second-order valence-electron chi connectivity index (χ2n) is 6.57. The number of benzene rings is 3. The van der Waals surface area contributed by atoms with Gasteiger partial charge in [-0.3, -0.25) is 4.57 Å². The van der Waals surface area contributed by atoms with Gasteiger partial charge in [-0.05, 0) is 76.7 Å². The molecule has 0 amide bonds. The van der Waals surface area contributed by atoms with Crippen LogP contribution in [0.5, 0.6) is 5.75 Å². The van der Waals surface area contributed by atoms with E-state index in [1.54, 1.807) is 18.9 Å². The van der Waals surface area contributed by atoms with E-state index in [2.05, 4.69) is 91.2 Å². The van der Waals surface area contributed by atoms with Crippen LogP contribution >= 0.6 is 34.4 Å². The van der Waals surface area contributed by atoms with Crippen LogP contribution in [0.15, 0.2) is 84.0 Å². The molecule has 30 heavy (non-hydrogen) atoms. The number of rotatable bonds is 8. The number of ether oxygens (including phenoxy) is 1. The average Bonchev–Trinajstić information content (AvgIpc) is 3.21. The molecule has 0 bridgehead atoms. The zero-order chi connectivity index (χ0) is 20.8. The Morgan fingerprint density at radius 1 is 0.967 bits per heavy atom. The van der Waals surface area contributed by atoms with Gasteiger partial charge in [0.2, 0.25) is 0 Å². The first-order chi connectivity index (χ1) is 14.7. The molecule has 0 saturated heterocycles. The van der Waals surface area contributed by atoms with E-state index in [9.17, 15) is 0 Å². The lowest BCUT2D eigenvalue weighted by atomic mass is 10.2. The standard InChI is InChI=1S/C23H21IN4OS/c1-29-21-9-5-6-17(14-21)16-30-23-27-26-22(28(23)20-7-3-2-4-8-20)15-25-19-12-10-18(24)11-13-19/h2-14,25H,15-16H2,1H3. The van der Waals surface area contributed by atoms with Gasteiger partial charge in [-0.15, -0.1) is 10.2 Å². The summed E-state index contributed by atoms with van der Waals surface area (Å²) in [4.78, 5) is 0. The number of anilines is 1. The molecule has 152 valence electrons. The van der Waals surface area contributed by atoms with Gasteiger partial charge >= 0.3 is 0 Å². The molecule has 0 aliphatic heterocycles. The molecule has 4 aromatic rings. The fourth-order valence-electron chi connectivity index (χ4n) is 3.00. The van der Waals surface area contributed by atoms with Gasteiger partial charge in [0.1, 0.15) is 5.75 Å². The van der Waals surface area contributed by atoms with Crippen molar-refractivity contribution in [1.29, 1.82) is 0 Å². The third-order valence-corrected chi connectivity index (χ3v) is 6.23. The van der Waals surface area contributed by atoms with E-state index in [0.717, 1.165) is 33.9 Å². The first kappa shape index (κ1) is 20.7. The van der Waals surface area contributed by atoms with Crippen molar-refractivity contribution in [2.24, 2.45) is 0 Å². The van der Waals surface area contributed by atoms with Crippen molar-refractivity contribution in [2.45, 2.75) is 17.5 Å². The Kier molecular flexibility index (Phi) is 6.91. The van der Waals surface area contributed by atoms with Crippen molar-refractivity contribution in [3.8, 4) is 11.4 Å². The van der Waals surface area contributed by atoms with Crippen molar-refractivity contribution in [1.82, 2.24) is 14.8 Å². The summed E-state index contributed by atoms with van der Waals surface area (Å²) in [7, 11) is 1.69. The Morgan fingerprint density at radius 2 is 1.77 bits per heavy atom. The molecule has 0 spiro atoms. The van der Waals surface area contributed by atoms with Crippen molar-refractivity contribution in [3.05, 3.63) is 93.8 Å². The Bertz CT molecular complexity index is 1100. The fourth-order valence-corrected chi connectivity index (χ4v) is 4.28. The Labute approximate surface area is 194 Å². The molecule has 0 aliphatic rings. The van der Waals surface area contributed by atoms with E-state index in [4.69, 9.17) is 4.74 Å². The number of hydrogen-bond donors (Lipinski definition) is 1. The lowest BCUT2D eigenvalue weighted by molar-refractivity contribution is 0.414. The first-order valence-corrected chi connectivity index (χ1v) is 11.5. The summed E-state index contributed by atoms with van der Waals surface area (Å²) < 4.78 is 8.66. The van der Waals surface area contributed by atoms with Gasteiger partial charge in [-0.25, -0.2) is 0 Å². The topological polar surface area (TPSA) is 52.0 Å². The predicted octanol–water partition coefficient (Wildman–Crippen LogP) is 5.78. The molecule has 4 rings (SSSR count). The number of thioether (sulfide) groups is 1. The first-order valence-electron chi connectivity index (χ1n) is 9.48. The molecule has 1 N–H and O–H groups in total. The van der Waals surface area contributed by atoms with Crippen molar-refractivity contribution in [2.75, 3.05) is 12.4 Å². The molecule has 3 aromatic carbocycles. The quantitative estimate of drug-likeness (QED) is 0.232. The van der Waals surface area contributed by atoms with Crippen molar-refractivity contribution < 1.29 is 4.74 Å². The van der Waals surface area contributed by atoms with E-state index < -0.39 is 0 Å². The van der Waals surface area contributed by atoms with Gasteiger partial charge < -0.3 is 10.1 Å². The minimum atomic E-state index is 0.586. The minimum Gasteiger partial charge on any atom is -0.497 e. The molecule has 0 atom stereocenters. The Morgan fingerprint density at radius 3 is 2.53 bits per heavy atom. The Hall–Kier alpha value is -2.52. The largest absolute Gasteiger partial charge is 0.497 e. The van der Waals surface area contributed by atoms with Crippen LogP contribution < -0.4 is 10.1 Å². The lowest BCUT2D eigenvalue weighted by Crippen LogP contribution is -2.08. The predicted molar refractivity (Wildman–Crippen MR) is 130 cm³/mol. The van der Waals surface area contributed by atoms with Gasteiger partial charge in [0.05, 0.1) is 13.7 Å². The maximum Gasteiger partial charge on any atom is 0.196 e. The molecular weight excluding hydrogens is 507 g/mol. The molecule has 0 saturated carbocycles. The molecule has 5 nitrogen and oxygen atoms in total. The van der Waals surface area contributed by atoms with E-state index in [-0.39, 0.29) is 0 Å². The number of hydrogen-bond acceptors (Lipinski definition) is 5. The van der Waals surface area contributed by atoms with Gasteiger partial charge in [0, 0.05) is 20.7 Å². The fraction of sp³-hybridized carbons (Fsp3) is 0.130. The Balaban J connectivity index is 1.56. The second kappa shape index (κ2) is 9.99. The number of nitrogens with one attached hydrogen (secondary N) is 1. The molecule has 0 aliphatic carbocycles. The molecular formula is C23H21IN4OS. The second-order valence-corrected chi connectivity index (χ2v) is 8.76. The molecule has 0 radical (unpaired) electrons. The zero-order valence-electron chi connectivity index (χ0n) is 16.5. The van der Waals surface area contributed by atoms with Gasteiger partial charge in [-0.2, -0.15) is 0 Å². The summed E-state index contributed by atoms with van der Waals surface area (Å²) in [5.74, 6) is 2.51. The van der Waals surface area contributed by atoms with Crippen LogP contribution in [0.1, 0.15) is 11.4 Å². The maximum atomic E-state index is 5.33. The van der Waals surface area contributed by atoms with Crippen LogP contribution in [0.3, 0.4) is 0 Å². The molecule has 0 unspecified atom stereocenters. The molecule has 0 fully saturated rings. The van der Waals surface area contributed by atoms with E-state index in [1.807, 2.05) is 30.3 Å². The highest BCUT2D eigenvalue weighted by Crippen LogP contribution is 2.27. The van der Waals surface area contributed by atoms with Crippen molar-refractivity contribution in [3.63, 3.8) is 0 Å². The summed E-state index contributed by atoms with van der Waals surface area (Å²) in [6.07, 6.45) is 0. The third-order valence-electron chi connectivity index (χ3n) is 4.51. The van der Waals surface area contributed by atoms with E-state index in [0.29, 0.717) is 6.54 Å². The smallest absolute Gasteiger partial charge is 0.196 e. The number of para-hydroxylation sites is 1. The third kappa shape index (κ3) is 5.14. The van der Waals surface area contributed by atoms with Gasteiger partial charge in [0.15, 0.2) is 11.0 Å². The number of nitrogens with zero attached hydrogens (tertiary/aromatic N) is 3. The van der Waals surface area contributed by atoms with Crippen LogP contribution in [0.2, 0.25) is 0 Å². The summed E-state index contributed by atoms with van der Waals surface area (Å²) in [5.41, 5.74) is 3.29. The van der Waals surface area contributed by atoms with Crippen LogP contribution in [-0.2, 0) is 12.3 Å². The lowest BCUT2D eigenvalue weighted by Gasteiger charge is -2.12. The highest BCUT2D eigenvalue weighted by molar-refractivity contribution is 14.1. The summed E-state index contributed by atoms with van der Waals surface area (Å²) >= 11 is 3.97. The number of methoxy groups -OCH3 is 1. The normalized spacial score (nSPS) is 10.7. The highest BCUT2D eigenvalue weighted by Gasteiger charge is 2.14. The highest BCUT2D eigenvalue weighted by atomic mass is 127. The average molecular weight is 528 g/mol. The summed E-state index contributed by atoms with van der Waals surface area (Å²) in [6.45, 7) is 0.586. The number of halogens is 1. The SMILES string of the molecule is COc1cccc(CSc2nnc(CNc3ccc(I)cc3)n2-c2ccccc2)c1. The monoisotopic (exact) mass is 528 g/mol. The van der Waals surface area contributed by atoms with Crippen LogP contribution in [0.4, 0.5) is 5.69 Å². The number of aromatic nitrogens is 3. The van der Waals surface area contributed by atoms with Gasteiger partial charge in [0.25, 0.3) is 0 Å². The van der Waals surface area contributed by atoms with Crippen LogP contribution in [0.25, 0.3) is 5.69 Å². The zero-order valence-corrected chi connectivity index (χ0v) is 19.4. The van der Waals surface area contributed by atoms with Crippen molar-refractivity contribution >= 4 is 40.0 Å². The van der Waals surface area contributed by atoms with E-state index in [1.165, 1.54) is 9.13 Å².